The molecule has 1 aliphatic heterocycles. The van der Waals surface area contributed by atoms with Gasteiger partial charge in [-0.05, 0) is 49.1 Å². The van der Waals surface area contributed by atoms with Gasteiger partial charge in [-0.15, -0.1) is 0 Å². The lowest BCUT2D eigenvalue weighted by atomic mass is 9.99. The fourth-order valence-electron chi connectivity index (χ4n) is 2.24. The van der Waals surface area contributed by atoms with E-state index in [1.54, 1.807) is 11.1 Å². The van der Waals surface area contributed by atoms with Gasteiger partial charge in [0.2, 0.25) is 0 Å². The van der Waals surface area contributed by atoms with E-state index < -0.39 is 0 Å². The molecule has 0 amide bonds. The van der Waals surface area contributed by atoms with E-state index in [1.807, 2.05) is 20.2 Å². The Hall–Kier alpha value is -1.68. The van der Waals surface area contributed by atoms with Crippen LogP contribution in [0.15, 0.2) is 28.9 Å². The molecule has 2 rings (SSSR count). The largest absolute Gasteiger partial charge is 0.392 e. The third-order valence-corrected chi connectivity index (χ3v) is 3.12. The minimum atomic E-state index is -0.333. The van der Waals surface area contributed by atoms with Gasteiger partial charge in [0.1, 0.15) is 5.82 Å². The first-order chi connectivity index (χ1) is 8.63. The number of aliphatic hydroxyl groups excluding tert-OH is 1. The minimum Gasteiger partial charge on any atom is -0.392 e. The van der Waals surface area contributed by atoms with E-state index in [1.165, 1.54) is 17.7 Å². The van der Waals surface area contributed by atoms with Gasteiger partial charge in [0, 0.05) is 18.8 Å². The highest BCUT2D eigenvalue weighted by molar-refractivity contribution is 5.72. The average Bonchev–Trinajstić information content (AvgIpc) is 2.51. The van der Waals surface area contributed by atoms with Crippen molar-refractivity contribution in [2.75, 3.05) is 7.05 Å². The molecular weight excluding hydrogens is 231 g/mol. The van der Waals surface area contributed by atoms with Gasteiger partial charge in [0.15, 0.2) is 0 Å². The summed E-state index contributed by atoms with van der Waals surface area (Å²) < 4.78 is 13.2. The lowest BCUT2D eigenvalue weighted by Gasteiger charge is -2.21. The molecule has 1 N–H and O–H groups in total. The molecule has 96 valence electrons. The van der Waals surface area contributed by atoms with Crippen LogP contribution in [0.4, 0.5) is 4.39 Å². The molecule has 1 aliphatic rings. The summed E-state index contributed by atoms with van der Waals surface area (Å²) in [6, 6.07) is 4.49. The second-order valence-electron chi connectivity index (χ2n) is 4.45. The van der Waals surface area contributed by atoms with Crippen molar-refractivity contribution in [2.45, 2.75) is 26.4 Å². The number of hydrogen-bond donors (Lipinski definition) is 1. The normalized spacial score (nSPS) is 16.1. The smallest absolute Gasteiger partial charge is 0.123 e. The zero-order valence-corrected chi connectivity index (χ0v) is 10.7. The number of hydrogen-bond acceptors (Lipinski definition) is 3. The van der Waals surface area contributed by atoms with E-state index in [9.17, 15) is 9.50 Å². The van der Waals surface area contributed by atoms with Crippen molar-refractivity contribution in [2.24, 2.45) is 5.10 Å². The van der Waals surface area contributed by atoms with Crippen LogP contribution in [0, 0.1) is 5.82 Å². The molecule has 1 aromatic carbocycles. The molecule has 1 aromatic rings. The van der Waals surface area contributed by atoms with Crippen LogP contribution in [-0.4, -0.2) is 23.4 Å². The fourth-order valence-corrected chi connectivity index (χ4v) is 2.24. The topological polar surface area (TPSA) is 35.8 Å². The lowest BCUT2D eigenvalue weighted by molar-refractivity contribution is 0.280. The van der Waals surface area contributed by atoms with Gasteiger partial charge >= 0.3 is 0 Å². The summed E-state index contributed by atoms with van der Waals surface area (Å²) in [6.07, 6.45) is 3.69. The highest BCUT2D eigenvalue weighted by atomic mass is 19.1. The van der Waals surface area contributed by atoms with Crippen molar-refractivity contribution in [3.63, 3.8) is 0 Å². The Morgan fingerprint density at radius 3 is 2.94 bits per heavy atom. The molecule has 0 bridgehead atoms. The molecule has 0 radical (unpaired) electrons. The van der Waals surface area contributed by atoms with E-state index in [-0.39, 0.29) is 12.4 Å². The Kier molecular flexibility index (Phi) is 3.77. The zero-order valence-electron chi connectivity index (χ0n) is 10.7. The second-order valence-corrected chi connectivity index (χ2v) is 4.45. The number of rotatable bonds is 2. The number of aliphatic hydroxyl groups is 1. The summed E-state index contributed by atoms with van der Waals surface area (Å²) in [5, 5.41) is 15.5. The highest BCUT2D eigenvalue weighted by Crippen LogP contribution is 2.29. The number of allylic oxidation sites excluding steroid dienone is 1. The van der Waals surface area contributed by atoms with Crippen LogP contribution in [-0.2, 0) is 6.61 Å². The van der Waals surface area contributed by atoms with Crippen LogP contribution in [0.3, 0.4) is 0 Å². The van der Waals surface area contributed by atoms with Gasteiger partial charge in [-0.3, -0.25) is 5.01 Å². The lowest BCUT2D eigenvalue weighted by Crippen LogP contribution is -2.12. The van der Waals surface area contributed by atoms with Crippen molar-refractivity contribution >= 4 is 11.9 Å². The van der Waals surface area contributed by atoms with Gasteiger partial charge in [0.25, 0.3) is 0 Å². The van der Waals surface area contributed by atoms with Crippen molar-refractivity contribution in [3.05, 3.63) is 40.7 Å². The summed E-state index contributed by atoms with van der Waals surface area (Å²) in [7, 11) is 1.87. The van der Waals surface area contributed by atoms with E-state index in [4.69, 9.17) is 0 Å². The first-order valence-electron chi connectivity index (χ1n) is 5.99. The summed E-state index contributed by atoms with van der Waals surface area (Å²) >= 11 is 0. The van der Waals surface area contributed by atoms with E-state index >= 15 is 0 Å². The van der Waals surface area contributed by atoms with Crippen molar-refractivity contribution in [1.29, 1.82) is 0 Å². The summed E-state index contributed by atoms with van der Waals surface area (Å²) in [5.74, 6) is -0.333. The number of nitrogens with zero attached hydrogens (tertiary/aromatic N) is 2. The third-order valence-electron chi connectivity index (χ3n) is 3.12. The molecule has 0 unspecified atom stereocenters. The maximum atomic E-state index is 13.2. The highest BCUT2D eigenvalue weighted by Gasteiger charge is 2.16. The zero-order chi connectivity index (χ0) is 13.1. The monoisotopic (exact) mass is 248 g/mol. The molecule has 0 aliphatic carbocycles. The first-order valence-corrected chi connectivity index (χ1v) is 5.99. The van der Waals surface area contributed by atoms with Crippen LogP contribution in [0.5, 0.6) is 0 Å². The molecule has 0 atom stereocenters. The van der Waals surface area contributed by atoms with E-state index in [2.05, 4.69) is 5.10 Å². The maximum Gasteiger partial charge on any atom is 0.123 e. The fraction of sp³-hybridized carbons (Fsp3) is 0.357. The summed E-state index contributed by atoms with van der Waals surface area (Å²) in [6.45, 7) is 1.87. The standard InChI is InChI=1S/C14H17FN2O/c1-10-4-3-7-16-17(2)14(10)13-6-5-12(15)8-11(13)9-18/h5-8,18H,3-4,9H2,1-2H3. The van der Waals surface area contributed by atoms with Crippen LogP contribution < -0.4 is 0 Å². The Labute approximate surface area is 106 Å². The predicted octanol–water partition coefficient (Wildman–Crippen LogP) is 2.76. The van der Waals surface area contributed by atoms with Gasteiger partial charge in [-0.1, -0.05) is 0 Å². The number of halogens is 1. The van der Waals surface area contributed by atoms with Gasteiger partial charge in [-0.2, -0.15) is 5.10 Å². The number of hydrazone groups is 1. The second kappa shape index (κ2) is 5.31. The SMILES string of the molecule is CC1=C(c2ccc(F)cc2CO)N(C)N=CCC1. The van der Waals surface area contributed by atoms with E-state index in [0.717, 1.165) is 24.1 Å². The molecule has 0 spiro atoms. The van der Waals surface area contributed by atoms with Gasteiger partial charge < -0.3 is 5.11 Å². The molecule has 4 heteroatoms. The van der Waals surface area contributed by atoms with Gasteiger partial charge in [0.05, 0.1) is 12.3 Å². The summed E-state index contributed by atoms with van der Waals surface area (Å²) in [5.41, 5.74) is 3.58. The van der Waals surface area contributed by atoms with Crippen molar-refractivity contribution < 1.29 is 9.50 Å². The van der Waals surface area contributed by atoms with Crippen molar-refractivity contribution in [3.8, 4) is 0 Å². The maximum absolute atomic E-state index is 13.2. The Morgan fingerprint density at radius 1 is 1.44 bits per heavy atom. The molecule has 0 saturated carbocycles. The van der Waals surface area contributed by atoms with Crippen LogP contribution in [0.25, 0.3) is 5.70 Å². The Balaban J connectivity index is 2.55. The summed E-state index contributed by atoms with van der Waals surface area (Å²) in [4.78, 5) is 0. The quantitative estimate of drug-likeness (QED) is 0.873. The molecule has 18 heavy (non-hydrogen) atoms. The van der Waals surface area contributed by atoms with Crippen molar-refractivity contribution in [1.82, 2.24) is 5.01 Å². The molecule has 0 fully saturated rings. The molecule has 1 heterocycles. The van der Waals surface area contributed by atoms with Crippen LogP contribution in [0.2, 0.25) is 0 Å². The molecular formula is C14H17FN2O. The molecule has 3 nitrogen and oxygen atoms in total. The Morgan fingerprint density at radius 2 is 2.22 bits per heavy atom. The molecule has 0 saturated heterocycles. The molecule has 0 aromatic heterocycles. The average molecular weight is 248 g/mol. The van der Waals surface area contributed by atoms with Crippen LogP contribution >= 0.6 is 0 Å². The third kappa shape index (κ3) is 2.43. The first kappa shape index (κ1) is 12.8. The minimum absolute atomic E-state index is 0.179. The van der Waals surface area contributed by atoms with Gasteiger partial charge in [-0.25, -0.2) is 4.39 Å². The predicted molar refractivity (Wildman–Crippen MR) is 70.4 cm³/mol. The van der Waals surface area contributed by atoms with Crippen LogP contribution in [0.1, 0.15) is 30.9 Å². The van der Waals surface area contributed by atoms with E-state index in [0.29, 0.717) is 5.56 Å². The Bertz CT molecular complexity index is 509. The number of benzene rings is 1.